The second kappa shape index (κ2) is 7.17. The Bertz CT molecular complexity index is 791. The summed E-state index contributed by atoms with van der Waals surface area (Å²) in [5.41, 5.74) is 2.39. The van der Waals surface area contributed by atoms with Crippen molar-refractivity contribution < 1.29 is 9.53 Å². The Kier molecular flexibility index (Phi) is 4.79. The van der Waals surface area contributed by atoms with Gasteiger partial charge in [0.15, 0.2) is 0 Å². The maximum absolute atomic E-state index is 12.0. The summed E-state index contributed by atoms with van der Waals surface area (Å²) in [6.07, 6.45) is 4.81. The summed E-state index contributed by atoms with van der Waals surface area (Å²) in [6.45, 7) is 4.42. The van der Waals surface area contributed by atoms with Crippen LogP contribution in [0, 0.1) is 0 Å². The maximum atomic E-state index is 12.0. The highest BCUT2D eigenvalue weighted by atomic mass is 16.5. The molecule has 1 atom stereocenters. The van der Waals surface area contributed by atoms with Gasteiger partial charge >= 0.3 is 0 Å². The zero-order valence-electron chi connectivity index (χ0n) is 13.9. The fraction of sp³-hybridized carbons (Fsp3) is 0.263. The number of carbonyl (C=O) groups is 1. The van der Waals surface area contributed by atoms with E-state index >= 15 is 0 Å². The van der Waals surface area contributed by atoms with Crippen LogP contribution in [0.2, 0.25) is 0 Å². The molecule has 3 rings (SSSR count). The summed E-state index contributed by atoms with van der Waals surface area (Å²) in [6, 6.07) is 13.2. The Morgan fingerprint density at radius 1 is 1.25 bits per heavy atom. The Morgan fingerprint density at radius 3 is 2.75 bits per heavy atom. The van der Waals surface area contributed by atoms with Gasteiger partial charge in [-0.2, -0.15) is 0 Å². The second-order valence-electron chi connectivity index (χ2n) is 5.79. The third-order valence-electron chi connectivity index (χ3n) is 3.91. The van der Waals surface area contributed by atoms with Crippen LogP contribution in [0.25, 0.3) is 5.65 Å². The van der Waals surface area contributed by atoms with Crippen molar-refractivity contribution in [1.82, 2.24) is 14.7 Å². The number of nitrogens with zero attached hydrogens (tertiary/aromatic N) is 2. The molecule has 0 saturated heterocycles. The number of amides is 1. The van der Waals surface area contributed by atoms with Crippen molar-refractivity contribution in [2.45, 2.75) is 32.9 Å². The standard InChI is InChI=1S/C19H21N3O2/c1-3-14(2)20-19(23)15-7-9-17(10-8-15)24-13-16-12-22-11-5-4-6-18(22)21-16/h4-12,14H,3,13H2,1-2H3,(H,20,23). The first kappa shape index (κ1) is 16.1. The van der Waals surface area contributed by atoms with E-state index in [1.165, 1.54) is 0 Å². The predicted octanol–water partition coefficient (Wildman–Crippen LogP) is 3.44. The molecule has 124 valence electrons. The van der Waals surface area contributed by atoms with Gasteiger partial charge in [0, 0.05) is 24.0 Å². The Hall–Kier alpha value is -2.82. The molecule has 0 spiro atoms. The van der Waals surface area contributed by atoms with Crippen molar-refractivity contribution in [3.8, 4) is 5.75 Å². The summed E-state index contributed by atoms with van der Waals surface area (Å²) in [4.78, 5) is 16.5. The largest absolute Gasteiger partial charge is 0.487 e. The molecule has 0 bridgehead atoms. The Morgan fingerprint density at radius 2 is 2.04 bits per heavy atom. The Balaban J connectivity index is 1.60. The lowest BCUT2D eigenvalue weighted by atomic mass is 10.2. The number of benzene rings is 1. The van der Waals surface area contributed by atoms with Crippen molar-refractivity contribution in [1.29, 1.82) is 0 Å². The maximum Gasteiger partial charge on any atom is 0.251 e. The molecule has 5 heteroatoms. The fourth-order valence-electron chi connectivity index (χ4n) is 2.33. The highest BCUT2D eigenvalue weighted by Gasteiger charge is 2.08. The molecule has 1 aromatic carbocycles. The summed E-state index contributed by atoms with van der Waals surface area (Å²) in [5, 5.41) is 2.95. The van der Waals surface area contributed by atoms with Crippen LogP contribution in [0.3, 0.4) is 0 Å². The van der Waals surface area contributed by atoms with Crippen LogP contribution in [0.15, 0.2) is 54.9 Å². The average Bonchev–Trinajstić information content (AvgIpc) is 3.03. The average molecular weight is 323 g/mol. The van der Waals surface area contributed by atoms with Crippen molar-refractivity contribution >= 4 is 11.6 Å². The van der Waals surface area contributed by atoms with E-state index in [0.29, 0.717) is 17.9 Å². The number of nitrogens with one attached hydrogen (secondary N) is 1. The molecule has 0 fully saturated rings. The minimum Gasteiger partial charge on any atom is -0.487 e. The number of ether oxygens (including phenoxy) is 1. The van der Waals surface area contributed by atoms with E-state index in [1.54, 1.807) is 24.3 Å². The van der Waals surface area contributed by atoms with Gasteiger partial charge in [-0.25, -0.2) is 4.98 Å². The zero-order valence-corrected chi connectivity index (χ0v) is 13.9. The first-order valence-corrected chi connectivity index (χ1v) is 8.12. The lowest BCUT2D eigenvalue weighted by Gasteiger charge is -2.11. The van der Waals surface area contributed by atoms with Gasteiger partial charge in [0.1, 0.15) is 18.0 Å². The SMILES string of the molecule is CCC(C)NC(=O)c1ccc(OCc2cn3ccccc3n2)cc1. The third-order valence-corrected chi connectivity index (χ3v) is 3.91. The zero-order chi connectivity index (χ0) is 16.9. The number of carbonyl (C=O) groups excluding carboxylic acids is 1. The molecular formula is C19H21N3O2. The normalized spacial score (nSPS) is 12.1. The monoisotopic (exact) mass is 323 g/mol. The van der Waals surface area contributed by atoms with Crippen molar-refractivity contribution in [2.24, 2.45) is 0 Å². The molecule has 2 aromatic heterocycles. The van der Waals surface area contributed by atoms with E-state index in [2.05, 4.69) is 10.3 Å². The molecule has 0 saturated carbocycles. The van der Waals surface area contributed by atoms with Crippen LogP contribution in [0.5, 0.6) is 5.75 Å². The topological polar surface area (TPSA) is 55.6 Å². The first-order valence-electron chi connectivity index (χ1n) is 8.12. The summed E-state index contributed by atoms with van der Waals surface area (Å²) < 4.78 is 7.71. The van der Waals surface area contributed by atoms with Gasteiger partial charge in [0.2, 0.25) is 0 Å². The molecule has 1 amide bonds. The number of aromatic nitrogens is 2. The predicted molar refractivity (Wildman–Crippen MR) is 93.2 cm³/mol. The first-order chi connectivity index (χ1) is 11.7. The number of imidazole rings is 1. The quantitative estimate of drug-likeness (QED) is 0.756. The van der Waals surface area contributed by atoms with E-state index in [-0.39, 0.29) is 11.9 Å². The van der Waals surface area contributed by atoms with E-state index in [9.17, 15) is 4.79 Å². The van der Waals surface area contributed by atoms with E-state index < -0.39 is 0 Å². The molecule has 5 nitrogen and oxygen atoms in total. The lowest BCUT2D eigenvalue weighted by Crippen LogP contribution is -2.31. The minimum absolute atomic E-state index is 0.0590. The summed E-state index contributed by atoms with van der Waals surface area (Å²) >= 11 is 0. The van der Waals surface area contributed by atoms with Crippen LogP contribution in [0.1, 0.15) is 36.3 Å². The molecule has 0 radical (unpaired) electrons. The number of fused-ring (bicyclic) bond motifs is 1. The van der Waals surface area contributed by atoms with Crippen LogP contribution in [-0.2, 0) is 6.61 Å². The van der Waals surface area contributed by atoms with Crippen molar-refractivity contribution in [3.05, 3.63) is 66.1 Å². The van der Waals surface area contributed by atoms with E-state index in [1.807, 2.05) is 48.8 Å². The Labute approximate surface area is 141 Å². The highest BCUT2D eigenvalue weighted by molar-refractivity contribution is 5.94. The third kappa shape index (κ3) is 3.74. The van der Waals surface area contributed by atoms with Gasteiger partial charge < -0.3 is 14.5 Å². The molecule has 2 heterocycles. The molecule has 1 N–H and O–H groups in total. The minimum atomic E-state index is -0.0590. The fourth-order valence-corrected chi connectivity index (χ4v) is 2.33. The summed E-state index contributed by atoms with van der Waals surface area (Å²) in [5.74, 6) is 0.656. The van der Waals surface area contributed by atoms with Crippen LogP contribution >= 0.6 is 0 Å². The molecule has 3 aromatic rings. The lowest BCUT2D eigenvalue weighted by molar-refractivity contribution is 0.0939. The van der Waals surface area contributed by atoms with Crippen molar-refractivity contribution in [3.63, 3.8) is 0 Å². The molecule has 24 heavy (non-hydrogen) atoms. The highest BCUT2D eigenvalue weighted by Crippen LogP contribution is 2.15. The molecular weight excluding hydrogens is 302 g/mol. The van der Waals surface area contributed by atoms with E-state index in [0.717, 1.165) is 17.8 Å². The van der Waals surface area contributed by atoms with Crippen LogP contribution in [0.4, 0.5) is 0 Å². The van der Waals surface area contributed by atoms with Gasteiger partial charge in [-0.15, -0.1) is 0 Å². The number of pyridine rings is 1. The van der Waals surface area contributed by atoms with Crippen molar-refractivity contribution in [2.75, 3.05) is 0 Å². The number of rotatable bonds is 6. The van der Waals surface area contributed by atoms with Gasteiger partial charge in [0.05, 0.1) is 5.69 Å². The van der Waals surface area contributed by atoms with Crippen LogP contribution < -0.4 is 10.1 Å². The summed E-state index contributed by atoms with van der Waals surface area (Å²) in [7, 11) is 0. The number of hydrogen-bond acceptors (Lipinski definition) is 3. The molecule has 0 aliphatic carbocycles. The van der Waals surface area contributed by atoms with Gasteiger partial charge in [0.25, 0.3) is 5.91 Å². The second-order valence-corrected chi connectivity index (χ2v) is 5.79. The van der Waals surface area contributed by atoms with E-state index in [4.69, 9.17) is 4.74 Å². The smallest absolute Gasteiger partial charge is 0.251 e. The van der Waals surface area contributed by atoms with Crippen LogP contribution in [-0.4, -0.2) is 21.3 Å². The molecule has 1 unspecified atom stereocenters. The van der Waals surface area contributed by atoms with Gasteiger partial charge in [-0.3, -0.25) is 4.79 Å². The van der Waals surface area contributed by atoms with Gasteiger partial charge in [-0.1, -0.05) is 13.0 Å². The number of hydrogen-bond donors (Lipinski definition) is 1. The molecule has 0 aliphatic heterocycles. The molecule has 0 aliphatic rings. The van der Waals surface area contributed by atoms with Gasteiger partial charge in [-0.05, 0) is 49.7 Å².